The number of carbonyl (C=O) groups is 1. The van der Waals surface area contributed by atoms with E-state index in [9.17, 15) is 4.79 Å². The molecule has 0 atom stereocenters. The Morgan fingerprint density at radius 2 is 1.54 bits per heavy atom. The summed E-state index contributed by atoms with van der Waals surface area (Å²) in [4.78, 5) is 12.4. The van der Waals surface area contributed by atoms with Crippen molar-refractivity contribution >= 4 is 5.91 Å². The van der Waals surface area contributed by atoms with Crippen molar-refractivity contribution in [3.05, 3.63) is 41.2 Å². The van der Waals surface area contributed by atoms with Crippen LogP contribution in [0.5, 0.6) is 17.2 Å². The molecule has 0 aliphatic rings. The van der Waals surface area contributed by atoms with Crippen molar-refractivity contribution in [2.45, 2.75) is 20.4 Å². The Balaban J connectivity index is 2.09. The zero-order valence-corrected chi connectivity index (χ0v) is 14.8. The molecule has 0 aliphatic heterocycles. The molecule has 2 rings (SSSR count). The fourth-order valence-corrected chi connectivity index (χ4v) is 2.65. The first-order chi connectivity index (χ1) is 11.5. The van der Waals surface area contributed by atoms with Gasteiger partial charge in [-0.3, -0.25) is 4.79 Å². The average molecular weight is 332 g/mol. The smallest absolute Gasteiger partial charge is 0.251 e. The van der Waals surface area contributed by atoms with Crippen LogP contribution in [0.25, 0.3) is 0 Å². The molecule has 6 heteroatoms. The number of amides is 1. The van der Waals surface area contributed by atoms with Gasteiger partial charge < -0.3 is 24.1 Å². The first-order valence-corrected chi connectivity index (χ1v) is 7.72. The molecule has 1 N–H and O–H groups in total. The van der Waals surface area contributed by atoms with Gasteiger partial charge in [0.2, 0.25) is 5.75 Å². The van der Waals surface area contributed by atoms with Crippen LogP contribution in [0.2, 0.25) is 0 Å². The minimum absolute atomic E-state index is 0.184. The fourth-order valence-electron chi connectivity index (χ4n) is 2.65. The van der Waals surface area contributed by atoms with E-state index in [1.54, 1.807) is 12.1 Å². The average Bonchev–Trinajstić information content (AvgIpc) is 2.91. The Hall–Kier alpha value is -2.63. The number of nitrogens with zero attached hydrogens (tertiary/aromatic N) is 1. The van der Waals surface area contributed by atoms with Gasteiger partial charge in [0.25, 0.3) is 5.91 Å². The second-order valence-corrected chi connectivity index (χ2v) is 5.44. The van der Waals surface area contributed by atoms with Crippen LogP contribution in [0, 0.1) is 13.8 Å². The number of benzene rings is 1. The summed E-state index contributed by atoms with van der Waals surface area (Å²) in [5.74, 6) is 1.20. The first-order valence-electron chi connectivity index (χ1n) is 7.72. The van der Waals surface area contributed by atoms with E-state index in [0.717, 1.165) is 6.54 Å². The topological polar surface area (TPSA) is 61.7 Å². The third kappa shape index (κ3) is 3.64. The van der Waals surface area contributed by atoms with E-state index in [-0.39, 0.29) is 5.91 Å². The summed E-state index contributed by atoms with van der Waals surface area (Å²) in [6.07, 6.45) is 0. The van der Waals surface area contributed by atoms with Crippen LogP contribution in [-0.4, -0.2) is 38.3 Å². The Morgan fingerprint density at radius 1 is 1.00 bits per heavy atom. The molecule has 1 amide bonds. The van der Waals surface area contributed by atoms with Gasteiger partial charge in [-0.25, -0.2) is 0 Å². The quantitative estimate of drug-likeness (QED) is 0.846. The molecular weight excluding hydrogens is 308 g/mol. The van der Waals surface area contributed by atoms with E-state index in [1.807, 2.05) is 13.8 Å². The second kappa shape index (κ2) is 7.77. The van der Waals surface area contributed by atoms with Gasteiger partial charge in [-0.1, -0.05) is 0 Å². The maximum absolute atomic E-state index is 12.4. The highest BCUT2D eigenvalue weighted by atomic mass is 16.5. The minimum atomic E-state index is -0.184. The number of carbonyl (C=O) groups excluding carboxylic acids is 1. The number of hydrogen-bond donors (Lipinski definition) is 1. The van der Waals surface area contributed by atoms with Crippen molar-refractivity contribution in [1.29, 1.82) is 0 Å². The molecule has 0 unspecified atom stereocenters. The second-order valence-electron chi connectivity index (χ2n) is 5.44. The number of nitrogens with one attached hydrogen (secondary N) is 1. The van der Waals surface area contributed by atoms with E-state index < -0.39 is 0 Å². The molecule has 0 bridgehead atoms. The number of hydrogen-bond acceptors (Lipinski definition) is 4. The molecule has 0 fully saturated rings. The van der Waals surface area contributed by atoms with Gasteiger partial charge in [0.15, 0.2) is 11.5 Å². The largest absolute Gasteiger partial charge is 0.493 e. The molecule has 0 saturated carbocycles. The predicted octanol–water partition coefficient (Wildman–Crippen LogP) is 2.56. The third-order valence-electron chi connectivity index (χ3n) is 3.97. The van der Waals surface area contributed by atoms with Crippen molar-refractivity contribution in [2.75, 3.05) is 27.9 Å². The molecule has 1 aromatic heterocycles. The molecule has 1 heterocycles. The van der Waals surface area contributed by atoms with Gasteiger partial charge in [0.05, 0.1) is 21.3 Å². The van der Waals surface area contributed by atoms with E-state index in [4.69, 9.17) is 14.2 Å². The van der Waals surface area contributed by atoms with Gasteiger partial charge >= 0.3 is 0 Å². The lowest BCUT2D eigenvalue weighted by Crippen LogP contribution is -2.27. The summed E-state index contributed by atoms with van der Waals surface area (Å²) in [5, 5.41) is 2.92. The van der Waals surface area contributed by atoms with Gasteiger partial charge in [-0.05, 0) is 38.1 Å². The van der Waals surface area contributed by atoms with Gasteiger partial charge in [-0.2, -0.15) is 0 Å². The number of methoxy groups -OCH3 is 3. The van der Waals surface area contributed by atoms with E-state index in [0.29, 0.717) is 29.4 Å². The van der Waals surface area contributed by atoms with Crippen LogP contribution in [0.3, 0.4) is 0 Å². The molecule has 0 aliphatic carbocycles. The number of aromatic nitrogens is 1. The van der Waals surface area contributed by atoms with Crippen LogP contribution >= 0.6 is 0 Å². The molecule has 2 aromatic rings. The summed E-state index contributed by atoms with van der Waals surface area (Å²) in [7, 11) is 4.58. The highest BCUT2D eigenvalue weighted by molar-refractivity contribution is 5.95. The standard InChI is InChI=1S/C18H24N2O4/c1-12-6-7-13(2)20(12)9-8-19-18(21)14-10-15(22-3)17(24-5)16(11-14)23-4/h6-7,10-11H,8-9H2,1-5H3,(H,19,21). The van der Waals surface area contributed by atoms with Crippen molar-refractivity contribution < 1.29 is 19.0 Å². The molecule has 0 saturated heterocycles. The van der Waals surface area contributed by atoms with Crippen LogP contribution in [-0.2, 0) is 6.54 Å². The monoisotopic (exact) mass is 332 g/mol. The van der Waals surface area contributed by atoms with Crippen molar-refractivity contribution in [1.82, 2.24) is 9.88 Å². The van der Waals surface area contributed by atoms with Crippen LogP contribution in [0.1, 0.15) is 21.7 Å². The van der Waals surface area contributed by atoms with Crippen LogP contribution in [0.4, 0.5) is 0 Å². The molecule has 1 aromatic carbocycles. The predicted molar refractivity (Wildman–Crippen MR) is 92.3 cm³/mol. The number of ether oxygens (including phenoxy) is 3. The fraction of sp³-hybridized carbons (Fsp3) is 0.389. The summed E-state index contributed by atoms with van der Waals surface area (Å²) in [6, 6.07) is 7.42. The van der Waals surface area contributed by atoms with Gasteiger partial charge in [0, 0.05) is 30.0 Å². The molecule has 0 spiro atoms. The van der Waals surface area contributed by atoms with Crippen molar-refractivity contribution in [3.8, 4) is 17.2 Å². The highest BCUT2D eigenvalue weighted by Gasteiger charge is 2.16. The molecule has 130 valence electrons. The van der Waals surface area contributed by atoms with Crippen molar-refractivity contribution in [3.63, 3.8) is 0 Å². The third-order valence-corrected chi connectivity index (χ3v) is 3.97. The lowest BCUT2D eigenvalue weighted by Gasteiger charge is -2.14. The number of rotatable bonds is 7. The van der Waals surface area contributed by atoms with Crippen molar-refractivity contribution in [2.24, 2.45) is 0 Å². The first kappa shape index (κ1) is 17.7. The Morgan fingerprint density at radius 3 is 2.00 bits per heavy atom. The van der Waals surface area contributed by atoms with Crippen LogP contribution in [0.15, 0.2) is 24.3 Å². The molecule has 6 nitrogen and oxygen atoms in total. The highest BCUT2D eigenvalue weighted by Crippen LogP contribution is 2.38. The van der Waals surface area contributed by atoms with Gasteiger partial charge in [-0.15, -0.1) is 0 Å². The minimum Gasteiger partial charge on any atom is -0.493 e. The Kier molecular flexibility index (Phi) is 5.73. The molecule has 0 radical (unpaired) electrons. The Labute approximate surface area is 142 Å². The normalized spacial score (nSPS) is 10.4. The SMILES string of the molecule is COc1cc(C(=O)NCCn2c(C)ccc2C)cc(OC)c1OC. The van der Waals surface area contributed by atoms with E-state index in [1.165, 1.54) is 32.7 Å². The van der Waals surface area contributed by atoms with E-state index in [2.05, 4.69) is 22.0 Å². The van der Waals surface area contributed by atoms with Gasteiger partial charge in [0.1, 0.15) is 0 Å². The summed E-state index contributed by atoms with van der Waals surface area (Å²) >= 11 is 0. The van der Waals surface area contributed by atoms with Crippen LogP contribution < -0.4 is 19.5 Å². The summed E-state index contributed by atoms with van der Waals surface area (Å²) in [6.45, 7) is 5.36. The number of aryl methyl sites for hydroxylation is 2. The lowest BCUT2D eigenvalue weighted by molar-refractivity contribution is 0.0951. The summed E-state index contributed by atoms with van der Waals surface area (Å²) in [5.41, 5.74) is 2.81. The maximum atomic E-state index is 12.4. The maximum Gasteiger partial charge on any atom is 0.251 e. The molecular formula is C18H24N2O4. The zero-order chi connectivity index (χ0) is 17.7. The lowest BCUT2D eigenvalue weighted by atomic mass is 10.1. The summed E-state index contributed by atoms with van der Waals surface area (Å²) < 4.78 is 18.0. The van der Waals surface area contributed by atoms with E-state index >= 15 is 0 Å². The Bertz CT molecular complexity index is 677. The zero-order valence-electron chi connectivity index (χ0n) is 14.8. The molecule has 24 heavy (non-hydrogen) atoms.